The lowest BCUT2D eigenvalue weighted by Gasteiger charge is -2.36. The number of rotatable bonds is 6. The summed E-state index contributed by atoms with van der Waals surface area (Å²) in [7, 11) is 0. The molecule has 22 heavy (non-hydrogen) atoms. The third-order valence-corrected chi connectivity index (χ3v) is 5.21. The standard InChI is InChI=1S/C16H27N3O2S/c1-12-5-7-19(8-6-12)14(15-4-3-9-22-15)10-17-16(21)18-13(2)11-20/h3-4,9,12-14,20H,5-8,10-11H2,1-2H3,(H2,17,18,21). The third-order valence-electron chi connectivity index (χ3n) is 4.24. The molecule has 2 atom stereocenters. The summed E-state index contributed by atoms with van der Waals surface area (Å²) in [6, 6.07) is 4.00. The van der Waals surface area contributed by atoms with Crippen molar-refractivity contribution in [2.75, 3.05) is 26.2 Å². The van der Waals surface area contributed by atoms with Gasteiger partial charge in [0.1, 0.15) is 0 Å². The van der Waals surface area contributed by atoms with Crippen LogP contribution in [0.2, 0.25) is 0 Å². The van der Waals surface area contributed by atoms with Crippen LogP contribution in [0.25, 0.3) is 0 Å². The molecule has 124 valence electrons. The second-order valence-electron chi connectivity index (χ2n) is 6.19. The quantitative estimate of drug-likeness (QED) is 0.751. The van der Waals surface area contributed by atoms with Crippen molar-refractivity contribution in [1.29, 1.82) is 0 Å². The minimum Gasteiger partial charge on any atom is -0.394 e. The first-order valence-electron chi connectivity index (χ1n) is 8.02. The van der Waals surface area contributed by atoms with Crippen LogP contribution in [0.5, 0.6) is 0 Å². The number of hydrogen-bond acceptors (Lipinski definition) is 4. The van der Waals surface area contributed by atoms with Crippen molar-refractivity contribution in [3.63, 3.8) is 0 Å². The monoisotopic (exact) mass is 325 g/mol. The number of hydrogen-bond donors (Lipinski definition) is 3. The molecule has 5 nitrogen and oxygen atoms in total. The number of likely N-dealkylation sites (tertiary alicyclic amines) is 1. The number of thiophene rings is 1. The molecule has 2 rings (SSSR count). The van der Waals surface area contributed by atoms with Gasteiger partial charge in [0.2, 0.25) is 0 Å². The number of amides is 2. The first kappa shape index (κ1) is 17.2. The Balaban J connectivity index is 1.93. The predicted octanol–water partition coefficient (Wildman–Crippen LogP) is 2.20. The van der Waals surface area contributed by atoms with Gasteiger partial charge in [-0.05, 0) is 50.2 Å². The van der Waals surface area contributed by atoms with E-state index in [1.165, 1.54) is 17.7 Å². The maximum Gasteiger partial charge on any atom is 0.315 e. The Kier molecular flexibility index (Phi) is 6.67. The fraction of sp³-hybridized carbons (Fsp3) is 0.688. The molecule has 1 saturated heterocycles. The van der Waals surface area contributed by atoms with Crippen LogP contribution >= 0.6 is 11.3 Å². The lowest BCUT2D eigenvalue weighted by atomic mass is 9.97. The van der Waals surface area contributed by atoms with Crippen molar-refractivity contribution in [3.8, 4) is 0 Å². The summed E-state index contributed by atoms with van der Waals surface area (Å²) in [4.78, 5) is 15.6. The summed E-state index contributed by atoms with van der Waals surface area (Å²) in [5.41, 5.74) is 0. The maximum absolute atomic E-state index is 11.9. The van der Waals surface area contributed by atoms with Crippen molar-refractivity contribution in [1.82, 2.24) is 15.5 Å². The average Bonchev–Trinajstić information content (AvgIpc) is 3.03. The first-order valence-corrected chi connectivity index (χ1v) is 8.90. The van der Waals surface area contributed by atoms with E-state index >= 15 is 0 Å². The second-order valence-corrected chi connectivity index (χ2v) is 7.17. The summed E-state index contributed by atoms with van der Waals surface area (Å²) in [6.45, 7) is 6.80. The topological polar surface area (TPSA) is 64.6 Å². The summed E-state index contributed by atoms with van der Waals surface area (Å²) in [5.74, 6) is 0.793. The minimum absolute atomic E-state index is 0.0498. The smallest absolute Gasteiger partial charge is 0.315 e. The van der Waals surface area contributed by atoms with Gasteiger partial charge in [-0.2, -0.15) is 0 Å². The normalized spacial score (nSPS) is 19.6. The highest BCUT2D eigenvalue weighted by atomic mass is 32.1. The van der Waals surface area contributed by atoms with Crippen LogP contribution in [0.15, 0.2) is 17.5 Å². The van der Waals surface area contributed by atoms with Gasteiger partial charge in [0.15, 0.2) is 0 Å². The Morgan fingerprint density at radius 1 is 1.50 bits per heavy atom. The molecular formula is C16H27N3O2S. The van der Waals surface area contributed by atoms with E-state index in [0.717, 1.165) is 19.0 Å². The number of urea groups is 1. The highest BCUT2D eigenvalue weighted by Gasteiger charge is 2.25. The van der Waals surface area contributed by atoms with Crippen LogP contribution in [0, 0.1) is 5.92 Å². The van der Waals surface area contributed by atoms with Crippen LogP contribution in [0.1, 0.15) is 37.6 Å². The highest BCUT2D eigenvalue weighted by molar-refractivity contribution is 7.10. The fourth-order valence-corrected chi connectivity index (χ4v) is 3.60. The molecule has 1 aliphatic heterocycles. The summed E-state index contributed by atoms with van der Waals surface area (Å²) in [5, 5.41) is 16.8. The van der Waals surface area contributed by atoms with Crippen LogP contribution in [-0.2, 0) is 0 Å². The Labute approximate surface area is 136 Å². The zero-order chi connectivity index (χ0) is 15.9. The van der Waals surface area contributed by atoms with Crippen LogP contribution < -0.4 is 10.6 Å². The van der Waals surface area contributed by atoms with E-state index in [2.05, 4.69) is 40.0 Å². The molecule has 1 aromatic heterocycles. The molecule has 2 amide bonds. The first-order chi connectivity index (χ1) is 10.6. The molecule has 2 unspecified atom stereocenters. The number of carbonyl (C=O) groups is 1. The van der Waals surface area contributed by atoms with Crippen LogP contribution in [0.4, 0.5) is 4.79 Å². The van der Waals surface area contributed by atoms with Gasteiger partial charge in [-0.3, -0.25) is 4.90 Å². The minimum atomic E-state index is -0.226. The number of nitrogens with zero attached hydrogens (tertiary/aromatic N) is 1. The van der Waals surface area contributed by atoms with Crippen molar-refractivity contribution in [3.05, 3.63) is 22.4 Å². The molecule has 1 aromatic rings. The Morgan fingerprint density at radius 3 is 2.82 bits per heavy atom. The molecule has 0 saturated carbocycles. The number of aliphatic hydroxyl groups is 1. The molecule has 0 radical (unpaired) electrons. The molecule has 2 heterocycles. The van der Waals surface area contributed by atoms with Gasteiger partial charge in [-0.1, -0.05) is 13.0 Å². The molecule has 0 bridgehead atoms. The van der Waals surface area contributed by atoms with Gasteiger partial charge in [0.05, 0.1) is 18.7 Å². The number of aliphatic hydroxyl groups excluding tert-OH is 1. The van der Waals surface area contributed by atoms with E-state index in [4.69, 9.17) is 5.11 Å². The van der Waals surface area contributed by atoms with Crippen molar-refractivity contribution < 1.29 is 9.90 Å². The molecule has 0 aromatic carbocycles. The highest BCUT2D eigenvalue weighted by Crippen LogP contribution is 2.28. The van der Waals surface area contributed by atoms with Crippen LogP contribution in [-0.4, -0.2) is 48.3 Å². The Bertz CT molecular complexity index is 444. The van der Waals surface area contributed by atoms with Gasteiger partial charge in [0, 0.05) is 11.4 Å². The van der Waals surface area contributed by atoms with Gasteiger partial charge in [-0.25, -0.2) is 4.79 Å². The van der Waals surface area contributed by atoms with Crippen molar-refractivity contribution >= 4 is 17.4 Å². The largest absolute Gasteiger partial charge is 0.394 e. The number of piperidine rings is 1. The maximum atomic E-state index is 11.9. The van der Waals surface area contributed by atoms with E-state index in [0.29, 0.717) is 6.54 Å². The van der Waals surface area contributed by atoms with Gasteiger partial charge < -0.3 is 15.7 Å². The molecule has 0 spiro atoms. The van der Waals surface area contributed by atoms with Crippen molar-refractivity contribution in [2.24, 2.45) is 5.92 Å². The predicted molar refractivity (Wildman–Crippen MR) is 90.1 cm³/mol. The molecule has 1 aliphatic rings. The summed E-state index contributed by atoms with van der Waals surface area (Å²) < 4.78 is 0. The zero-order valence-corrected chi connectivity index (χ0v) is 14.2. The lowest BCUT2D eigenvalue weighted by Crippen LogP contribution is -2.46. The average molecular weight is 325 g/mol. The van der Waals surface area contributed by atoms with Gasteiger partial charge >= 0.3 is 6.03 Å². The van der Waals surface area contributed by atoms with Crippen molar-refractivity contribution in [2.45, 2.75) is 38.8 Å². The molecular weight excluding hydrogens is 298 g/mol. The fourth-order valence-electron chi connectivity index (χ4n) is 2.74. The summed E-state index contributed by atoms with van der Waals surface area (Å²) >= 11 is 1.74. The second kappa shape index (κ2) is 8.50. The number of nitrogens with one attached hydrogen (secondary N) is 2. The van der Waals surface area contributed by atoms with E-state index in [1.807, 2.05) is 0 Å². The van der Waals surface area contributed by atoms with E-state index in [1.54, 1.807) is 18.3 Å². The SMILES string of the molecule is CC1CCN(C(CNC(=O)NC(C)CO)c2cccs2)CC1. The lowest BCUT2D eigenvalue weighted by molar-refractivity contribution is 0.137. The van der Waals surface area contributed by atoms with E-state index in [9.17, 15) is 4.79 Å². The van der Waals surface area contributed by atoms with E-state index in [-0.39, 0.29) is 24.7 Å². The van der Waals surface area contributed by atoms with Gasteiger partial charge in [-0.15, -0.1) is 11.3 Å². The zero-order valence-electron chi connectivity index (χ0n) is 13.4. The Hall–Kier alpha value is -1.11. The third kappa shape index (κ3) is 4.97. The molecule has 0 aliphatic carbocycles. The molecule has 1 fully saturated rings. The summed E-state index contributed by atoms with van der Waals surface area (Å²) in [6.07, 6.45) is 2.44. The van der Waals surface area contributed by atoms with Crippen LogP contribution in [0.3, 0.4) is 0 Å². The molecule has 3 N–H and O–H groups in total. The van der Waals surface area contributed by atoms with Gasteiger partial charge in [0.25, 0.3) is 0 Å². The molecule has 6 heteroatoms. The van der Waals surface area contributed by atoms with E-state index < -0.39 is 0 Å². The Morgan fingerprint density at radius 2 is 2.23 bits per heavy atom. The number of carbonyl (C=O) groups excluding carboxylic acids is 1.